The van der Waals surface area contributed by atoms with Crippen LogP contribution in [0, 0.1) is 6.92 Å². The lowest BCUT2D eigenvalue weighted by Crippen LogP contribution is -2.05. The molecule has 0 bridgehead atoms. The van der Waals surface area contributed by atoms with Gasteiger partial charge in [0.2, 0.25) is 5.95 Å². The molecule has 25 heavy (non-hydrogen) atoms. The van der Waals surface area contributed by atoms with Gasteiger partial charge in [0.1, 0.15) is 11.5 Å². The van der Waals surface area contributed by atoms with E-state index in [1.54, 1.807) is 17.5 Å². The van der Waals surface area contributed by atoms with E-state index in [9.17, 15) is 0 Å². The van der Waals surface area contributed by atoms with E-state index in [1.807, 2.05) is 48.8 Å². The number of nitrogens with one attached hydrogen (secondary N) is 1. The van der Waals surface area contributed by atoms with Gasteiger partial charge < -0.3 is 9.73 Å². The van der Waals surface area contributed by atoms with Gasteiger partial charge in [-0.1, -0.05) is 6.07 Å². The molecule has 4 rings (SSSR count). The van der Waals surface area contributed by atoms with Gasteiger partial charge in [-0.3, -0.25) is 4.98 Å². The highest BCUT2D eigenvalue weighted by molar-refractivity contribution is 7.08. The van der Waals surface area contributed by atoms with Gasteiger partial charge in [0.15, 0.2) is 5.76 Å². The third-order valence-electron chi connectivity index (χ3n) is 3.75. The molecule has 0 aliphatic carbocycles. The van der Waals surface area contributed by atoms with Crippen molar-refractivity contribution in [1.29, 1.82) is 0 Å². The number of hydrogen-bond donors (Lipinski definition) is 1. The second kappa shape index (κ2) is 6.86. The van der Waals surface area contributed by atoms with Crippen LogP contribution in [0.15, 0.2) is 64.0 Å². The van der Waals surface area contributed by atoms with Crippen molar-refractivity contribution < 1.29 is 4.42 Å². The number of pyridine rings is 1. The maximum absolute atomic E-state index is 5.80. The topological polar surface area (TPSA) is 63.8 Å². The maximum atomic E-state index is 5.80. The summed E-state index contributed by atoms with van der Waals surface area (Å²) in [4.78, 5) is 13.4. The van der Waals surface area contributed by atoms with Crippen molar-refractivity contribution in [1.82, 2.24) is 15.0 Å². The Morgan fingerprint density at radius 3 is 2.80 bits per heavy atom. The van der Waals surface area contributed by atoms with Gasteiger partial charge in [-0.15, -0.1) is 0 Å². The largest absolute Gasteiger partial charge is 0.460 e. The van der Waals surface area contributed by atoms with Gasteiger partial charge in [0, 0.05) is 18.0 Å². The molecule has 4 aromatic heterocycles. The molecule has 0 radical (unpaired) electrons. The van der Waals surface area contributed by atoms with Crippen LogP contribution in [-0.4, -0.2) is 15.0 Å². The lowest BCUT2D eigenvalue weighted by molar-refractivity contribution is 0.546. The summed E-state index contributed by atoms with van der Waals surface area (Å²) in [5.74, 6) is 2.14. The van der Waals surface area contributed by atoms with E-state index >= 15 is 0 Å². The lowest BCUT2D eigenvalue weighted by atomic mass is 10.1. The monoisotopic (exact) mass is 348 g/mol. The first-order chi connectivity index (χ1) is 12.3. The van der Waals surface area contributed by atoms with Crippen LogP contribution in [0.3, 0.4) is 0 Å². The summed E-state index contributed by atoms with van der Waals surface area (Å²) in [6, 6.07) is 11.8. The lowest BCUT2D eigenvalue weighted by Gasteiger charge is -2.09. The molecule has 124 valence electrons. The van der Waals surface area contributed by atoms with E-state index in [0.717, 1.165) is 34.0 Å². The number of aryl methyl sites for hydroxylation is 1. The molecule has 0 unspecified atom stereocenters. The summed E-state index contributed by atoms with van der Waals surface area (Å²) < 4.78 is 5.80. The fourth-order valence-corrected chi connectivity index (χ4v) is 3.17. The first kappa shape index (κ1) is 15.5. The smallest absolute Gasteiger partial charge is 0.223 e. The molecule has 0 spiro atoms. The highest BCUT2D eigenvalue weighted by Crippen LogP contribution is 2.32. The maximum Gasteiger partial charge on any atom is 0.223 e. The first-order valence-corrected chi connectivity index (χ1v) is 8.84. The van der Waals surface area contributed by atoms with Crippen LogP contribution in [0.5, 0.6) is 0 Å². The Morgan fingerprint density at radius 1 is 1.12 bits per heavy atom. The molecule has 0 amide bonds. The van der Waals surface area contributed by atoms with Crippen LogP contribution in [0.4, 0.5) is 5.95 Å². The number of anilines is 1. The van der Waals surface area contributed by atoms with Crippen molar-refractivity contribution in [2.75, 3.05) is 5.32 Å². The van der Waals surface area contributed by atoms with Crippen molar-refractivity contribution in [2.24, 2.45) is 0 Å². The minimum absolute atomic E-state index is 0.550. The Morgan fingerprint density at radius 2 is 2.08 bits per heavy atom. The van der Waals surface area contributed by atoms with E-state index in [-0.39, 0.29) is 0 Å². The summed E-state index contributed by atoms with van der Waals surface area (Å²) in [6.07, 6.45) is 3.61. The fourth-order valence-electron chi connectivity index (χ4n) is 2.52. The van der Waals surface area contributed by atoms with Gasteiger partial charge in [-0.05, 0) is 53.6 Å². The third-order valence-corrected chi connectivity index (χ3v) is 4.43. The molecule has 5 nitrogen and oxygen atoms in total. The first-order valence-electron chi connectivity index (χ1n) is 7.90. The van der Waals surface area contributed by atoms with Crippen LogP contribution in [0.25, 0.3) is 22.6 Å². The van der Waals surface area contributed by atoms with Crippen molar-refractivity contribution >= 4 is 17.3 Å². The number of nitrogens with zero attached hydrogens (tertiary/aromatic N) is 3. The van der Waals surface area contributed by atoms with Crippen LogP contribution >= 0.6 is 11.3 Å². The van der Waals surface area contributed by atoms with Crippen molar-refractivity contribution in [2.45, 2.75) is 13.5 Å². The zero-order valence-electron chi connectivity index (χ0n) is 13.6. The molecule has 4 aromatic rings. The summed E-state index contributed by atoms with van der Waals surface area (Å²) in [7, 11) is 0. The predicted molar refractivity (Wildman–Crippen MR) is 99.3 cm³/mol. The Bertz CT molecular complexity index is 964. The molecule has 1 N–H and O–H groups in total. The van der Waals surface area contributed by atoms with Gasteiger partial charge in [0.05, 0.1) is 12.2 Å². The zero-order valence-corrected chi connectivity index (χ0v) is 14.5. The van der Waals surface area contributed by atoms with Crippen molar-refractivity contribution in [3.63, 3.8) is 0 Å². The summed E-state index contributed by atoms with van der Waals surface area (Å²) in [6.45, 7) is 2.49. The summed E-state index contributed by atoms with van der Waals surface area (Å²) >= 11 is 1.65. The minimum Gasteiger partial charge on any atom is -0.460 e. The van der Waals surface area contributed by atoms with Gasteiger partial charge in [0.25, 0.3) is 0 Å². The molecule has 0 fully saturated rings. The molecule has 0 saturated heterocycles. The second-order valence-corrected chi connectivity index (χ2v) is 6.33. The summed E-state index contributed by atoms with van der Waals surface area (Å²) in [5.41, 5.74) is 3.76. The Balaban J connectivity index is 1.68. The van der Waals surface area contributed by atoms with Crippen molar-refractivity contribution in [3.8, 4) is 22.6 Å². The van der Waals surface area contributed by atoms with Gasteiger partial charge in [-0.2, -0.15) is 11.3 Å². The number of aromatic nitrogens is 3. The standard InChI is InChI=1S/C19H16N4OS/c1-13-5-6-17(24-13)18-16(14-7-9-25-12-14)11-22-19(23-18)21-10-15-4-2-3-8-20-15/h2-9,11-12H,10H2,1H3,(H,21,22,23). The molecule has 0 saturated carbocycles. The quantitative estimate of drug-likeness (QED) is 0.562. The Labute approximate surface area is 149 Å². The number of rotatable bonds is 5. The van der Waals surface area contributed by atoms with E-state index < -0.39 is 0 Å². The highest BCUT2D eigenvalue weighted by Gasteiger charge is 2.15. The van der Waals surface area contributed by atoms with Crippen LogP contribution < -0.4 is 5.32 Å². The molecule has 0 aromatic carbocycles. The Kier molecular flexibility index (Phi) is 4.26. The average Bonchev–Trinajstić information content (AvgIpc) is 3.32. The van der Waals surface area contributed by atoms with E-state index in [1.165, 1.54) is 0 Å². The predicted octanol–water partition coefficient (Wildman–Crippen LogP) is 4.78. The number of thiophene rings is 1. The van der Waals surface area contributed by atoms with E-state index in [0.29, 0.717) is 12.5 Å². The third kappa shape index (κ3) is 3.44. The average molecular weight is 348 g/mol. The molecular formula is C19H16N4OS. The number of furan rings is 1. The molecule has 0 aliphatic heterocycles. The van der Waals surface area contributed by atoms with Crippen LogP contribution in [-0.2, 0) is 6.54 Å². The van der Waals surface area contributed by atoms with Gasteiger partial charge >= 0.3 is 0 Å². The zero-order chi connectivity index (χ0) is 17.1. The SMILES string of the molecule is Cc1ccc(-c2nc(NCc3ccccn3)ncc2-c2ccsc2)o1. The van der Waals surface area contributed by atoms with Crippen LogP contribution in [0.2, 0.25) is 0 Å². The van der Waals surface area contributed by atoms with Gasteiger partial charge in [-0.25, -0.2) is 9.97 Å². The summed E-state index contributed by atoms with van der Waals surface area (Å²) in [5, 5.41) is 7.35. The highest BCUT2D eigenvalue weighted by atomic mass is 32.1. The molecule has 0 atom stereocenters. The van der Waals surface area contributed by atoms with E-state index in [4.69, 9.17) is 4.42 Å². The molecule has 4 heterocycles. The number of hydrogen-bond acceptors (Lipinski definition) is 6. The second-order valence-electron chi connectivity index (χ2n) is 5.55. The molecular weight excluding hydrogens is 332 g/mol. The molecule has 0 aliphatic rings. The fraction of sp³-hybridized carbons (Fsp3) is 0.105. The van der Waals surface area contributed by atoms with Crippen molar-refractivity contribution in [3.05, 3.63) is 71.0 Å². The molecule has 6 heteroatoms. The van der Waals surface area contributed by atoms with E-state index in [2.05, 4.69) is 31.7 Å². The Hall–Kier alpha value is -2.99. The minimum atomic E-state index is 0.550. The van der Waals surface area contributed by atoms with Crippen LogP contribution in [0.1, 0.15) is 11.5 Å². The normalized spacial score (nSPS) is 10.8.